The topological polar surface area (TPSA) is 87.4 Å². The summed E-state index contributed by atoms with van der Waals surface area (Å²) in [6.07, 6.45) is 1.97. The molecule has 0 unspecified atom stereocenters. The Bertz CT molecular complexity index is 635. The predicted octanol–water partition coefficient (Wildman–Crippen LogP) is 2.23. The van der Waals surface area contributed by atoms with Gasteiger partial charge in [0.1, 0.15) is 11.3 Å². The van der Waals surface area contributed by atoms with Crippen molar-refractivity contribution in [2.45, 2.75) is 26.9 Å². The number of carbonyl (C=O) groups is 1. The molecule has 0 radical (unpaired) electrons. The van der Waals surface area contributed by atoms with Crippen molar-refractivity contribution in [1.29, 1.82) is 0 Å². The number of benzene rings is 1. The number of phenols is 1. The molecule has 0 aliphatic carbocycles. The lowest BCUT2D eigenvalue weighted by Gasteiger charge is -2.07. The normalized spacial score (nSPS) is 10.5. The summed E-state index contributed by atoms with van der Waals surface area (Å²) in [5.74, 6) is -1.39. The van der Waals surface area contributed by atoms with E-state index in [4.69, 9.17) is 5.11 Å². The fraction of sp³-hybridized carbons (Fsp3) is 0.286. The van der Waals surface area contributed by atoms with Crippen LogP contribution in [0.5, 0.6) is 5.75 Å². The van der Waals surface area contributed by atoms with Crippen LogP contribution in [0.1, 0.15) is 28.5 Å². The molecule has 6 heteroatoms. The molecular formula is C14H17N3O3. The molecule has 1 aromatic carbocycles. The van der Waals surface area contributed by atoms with Crippen molar-refractivity contribution >= 4 is 11.7 Å². The molecule has 2 rings (SSSR count). The lowest BCUT2D eigenvalue weighted by Crippen LogP contribution is -2.02. The maximum absolute atomic E-state index is 10.8. The molecule has 106 valence electrons. The third kappa shape index (κ3) is 2.90. The molecule has 0 atom stereocenters. The Balaban J connectivity index is 2.09. The van der Waals surface area contributed by atoms with Gasteiger partial charge in [-0.15, -0.1) is 0 Å². The van der Waals surface area contributed by atoms with Gasteiger partial charge in [-0.05, 0) is 26.0 Å². The molecule has 0 amide bonds. The average Bonchev–Trinajstić information content (AvgIpc) is 2.76. The molecule has 1 heterocycles. The summed E-state index contributed by atoms with van der Waals surface area (Å²) in [6, 6.07) is 4.41. The van der Waals surface area contributed by atoms with Gasteiger partial charge in [-0.25, -0.2) is 4.79 Å². The van der Waals surface area contributed by atoms with E-state index < -0.39 is 5.97 Å². The highest BCUT2D eigenvalue weighted by Gasteiger charge is 2.10. The highest BCUT2D eigenvalue weighted by atomic mass is 16.4. The van der Waals surface area contributed by atoms with Crippen molar-refractivity contribution in [2.24, 2.45) is 0 Å². The summed E-state index contributed by atoms with van der Waals surface area (Å²) < 4.78 is 1.86. The summed E-state index contributed by atoms with van der Waals surface area (Å²) in [4.78, 5) is 10.8. The van der Waals surface area contributed by atoms with Crippen LogP contribution in [0.4, 0.5) is 5.69 Å². The van der Waals surface area contributed by atoms with Gasteiger partial charge in [-0.3, -0.25) is 4.68 Å². The van der Waals surface area contributed by atoms with Crippen molar-refractivity contribution < 1.29 is 15.0 Å². The van der Waals surface area contributed by atoms with Crippen molar-refractivity contribution in [2.75, 3.05) is 5.32 Å². The highest BCUT2D eigenvalue weighted by Crippen LogP contribution is 2.22. The number of aryl methyl sites for hydroxylation is 2. The number of rotatable bonds is 5. The lowest BCUT2D eigenvalue weighted by atomic mass is 10.1. The minimum Gasteiger partial charge on any atom is -0.507 e. The van der Waals surface area contributed by atoms with E-state index >= 15 is 0 Å². The number of nitrogens with zero attached hydrogens (tertiary/aromatic N) is 2. The van der Waals surface area contributed by atoms with Gasteiger partial charge in [0.15, 0.2) is 0 Å². The van der Waals surface area contributed by atoms with E-state index in [1.165, 1.54) is 12.1 Å². The minimum atomic E-state index is -1.14. The predicted molar refractivity (Wildman–Crippen MR) is 75.0 cm³/mol. The van der Waals surface area contributed by atoms with E-state index in [1.54, 1.807) is 6.07 Å². The first-order chi connectivity index (χ1) is 9.51. The summed E-state index contributed by atoms with van der Waals surface area (Å²) in [5.41, 5.74) is 2.57. The average molecular weight is 275 g/mol. The maximum Gasteiger partial charge on any atom is 0.339 e. The SMILES string of the molecule is CCn1cc(CNc2ccc(C(=O)O)c(O)c2)c(C)n1. The van der Waals surface area contributed by atoms with Crippen LogP contribution in [0, 0.1) is 6.92 Å². The number of aromatic carboxylic acids is 1. The molecule has 0 saturated carbocycles. The summed E-state index contributed by atoms with van der Waals surface area (Å²) in [7, 11) is 0. The van der Waals surface area contributed by atoms with E-state index in [0.717, 1.165) is 17.8 Å². The molecule has 3 N–H and O–H groups in total. The van der Waals surface area contributed by atoms with E-state index in [0.29, 0.717) is 12.2 Å². The van der Waals surface area contributed by atoms with E-state index in [9.17, 15) is 9.90 Å². The maximum atomic E-state index is 10.8. The molecule has 0 bridgehead atoms. The molecule has 0 aliphatic heterocycles. The van der Waals surface area contributed by atoms with Gasteiger partial charge >= 0.3 is 5.97 Å². The van der Waals surface area contributed by atoms with Crippen molar-refractivity contribution in [3.05, 3.63) is 41.2 Å². The Morgan fingerprint density at radius 2 is 2.20 bits per heavy atom. The van der Waals surface area contributed by atoms with Crippen molar-refractivity contribution in [3.8, 4) is 5.75 Å². The van der Waals surface area contributed by atoms with E-state index in [-0.39, 0.29) is 11.3 Å². The summed E-state index contributed by atoms with van der Waals surface area (Å²) in [5, 5.41) is 25.9. The van der Waals surface area contributed by atoms with Crippen LogP contribution in [-0.4, -0.2) is 26.0 Å². The number of hydrogen-bond acceptors (Lipinski definition) is 4. The molecule has 0 fully saturated rings. The zero-order chi connectivity index (χ0) is 14.7. The molecule has 0 saturated heterocycles. The number of nitrogens with one attached hydrogen (secondary N) is 1. The van der Waals surface area contributed by atoms with Crippen LogP contribution in [0.25, 0.3) is 0 Å². The molecule has 2 aromatic rings. The summed E-state index contributed by atoms with van der Waals surface area (Å²) in [6.45, 7) is 5.34. The Morgan fingerprint density at radius 3 is 2.75 bits per heavy atom. The number of anilines is 1. The van der Waals surface area contributed by atoms with Crippen LogP contribution in [0.15, 0.2) is 24.4 Å². The third-order valence-corrected chi connectivity index (χ3v) is 3.08. The zero-order valence-electron chi connectivity index (χ0n) is 11.4. The van der Waals surface area contributed by atoms with Crippen molar-refractivity contribution in [1.82, 2.24) is 9.78 Å². The van der Waals surface area contributed by atoms with Gasteiger partial charge in [-0.2, -0.15) is 5.10 Å². The quantitative estimate of drug-likeness (QED) is 0.778. The Labute approximate surface area is 116 Å². The van der Waals surface area contributed by atoms with Gasteiger partial charge in [0, 0.05) is 36.6 Å². The van der Waals surface area contributed by atoms with Gasteiger partial charge in [0.2, 0.25) is 0 Å². The van der Waals surface area contributed by atoms with Crippen molar-refractivity contribution in [3.63, 3.8) is 0 Å². The van der Waals surface area contributed by atoms with Gasteiger partial charge in [-0.1, -0.05) is 0 Å². The first kappa shape index (κ1) is 13.9. The number of aromatic hydroxyl groups is 1. The molecule has 0 aliphatic rings. The molecule has 0 spiro atoms. The fourth-order valence-electron chi connectivity index (χ4n) is 1.91. The number of carboxylic acids is 1. The largest absolute Gasteiger partial charge is 0.507 e. The van der Waals surface area contributed by atoms with Crippen LogP contribution >= 0.6 is 0 Å². The van der Waals surface area contributed by atoms with Gasteiger partial charge < -0.3 is 15.5 Å². The smallest absolute Gasteiger partial charge is 0.339 e. The first-order valence-corrected chi connectivity index (χ1v) is 6.34. The number of hydrogen-bond donors (Lipinski definition) is 3. The zero-order valence-corrected chi connectivity index (χ0v) is 11.4. The molecule has 20 heavy (non-hydrogen) atoms. The second kappa shape index (κ2) is 5.64. The second-order valence-electron chi connectivity index (χ2n) is 4.49. The number of carboxylic acid groups (broad SMARTS) is 1. The second-order valence-corrected chi connectivity index (χ2v) is 4.49. The van der Waals surface area contributed by atoms with Crippen LogP contribution in [-0.2, 0) is 13.1 Å². The molecule has 6 nitrogen and oxygen atoms in total. The Kier molecular flexibility index (Phi) is 3.93. The van der Waals surface area contributed by atoms with E-state index in [1.807, 2.05) is 24.7 Å². The van der Waals surface area contributed by atoms with Crippen LogP contribution in [0.2, 0.25) is 0 Å². The standard InChI is InChI=1S/C14H17N3O3/c1-3-17-8-10(9(2)16-17)7-15-11-4-5-12(14(19)20)13(18)6-11/h4-6,8,15,18H,3,7H2,1-2H3,(H,19,20). The van der Waals surface area contributed by atoms with Gasteiger partial charge in [0.25, 0.3) is 0 Å². The summed E-state index contributed by atoms with van der Waals surface area (Å²) >= 11 is 0. The molecule has 1 aromatic heterocycles. The first-order valence-electron chi connectivity index (χ1n) is 6.34. The molecular weight excluding hydrogens is 258 g/mol. The van der Waals surface area contributed by atoms with E-state index in [2.05, 4.69) is 10.4 Å². The Hall–Kier alpha value is -2.50. The number of aromatic nitrogens is 2. The monoisotopic (exact) mass is 275 g/mol. The highest BCUT2D eigenvalue weighted by molar-refractivity contribution is 5.91. The third-order valence-electron chi connectivity index (χ3n) is 3.08. The fourth-order valence-corrected chi connectivity index (χ4v) is 1.91. The lowest BCUT2D eigenvalue weighted by molar-refractivity contribution is 0.0694. The Morgan fingerprint density at radius 1 is 1.45 bits per heavy atom. The van der Waals surface area contributed by atoms with Gasteiger partial charge in [0.05, 0.1) is 5.69 Å². The van der Waals surface area contributed by atoms with Crippen LogP contribution < -0.4 is 5.32 Å². The minimum absolute atomic E-state index is 0.106. The van der Waals surface area contributed by atoms with Crippen LogP contribution in [0.3, 0.4) is 0 Å².